The number of carbonyl (C=O) groups excluding carboxylic acids is 1. The molecule has 1 aliphatic rings. The fraction of sp³-hybridized carbons (Fsp3) is 0.400. The first-order chi connectivity index (χ1) is 12.7. The highest BCUT2D eigenvalue weighted by Gasteiger charge is 2.26. The molecule has 0 radical (unpaired) electrons. The Morgan fingerprint density at radius 3 is 3.04 bits per heavy atom. The Labute approximate surface area is 161 Å². The van der Waals surface area contributed by atoms with E-state index >= 15 is 0 Å². The highest BCUT2D eigenvalue weighted by Crippen LogP contribution is 2.31. The average Bonchev–Trinajstić information content (AvgIpc) is 3.39. The fourth-order valence-corrected chi connectivity index (χ4v) is 4.98. The number of amides is 1. The summed E-state index contributed by atoms with van der Waals surface area (Å²) in [7, 11) is 0. The number of thiophene rings is 1. The SMILES string of the molecule is CCc1ccc2nc(N(CC3CCCO3)C(=O)Cc3cccs3)sc2c1. The molecule has 6 heteroatoms. The van der Waals surface area contributed by atoms with Gasteiger partial charge in [-0.15, -0.1) is 11.3 Å². The minimum atomic E-state index is 0.0951. The number of fused-ring (bicyclic) bond motifs is 1. The number of hydrogen-bond acceptors (Lipinski definition) is 5. The van der Waals surface area contributed by atoms with Gasteiger partial charge in [0, 0.05) is 11.5 Å². The molecule has 0 bridgehead atoms. The number of carbonyl (C=O) groups is 1. The Morgan fingerprint density at radius 1 is 1.38 bits per heavy atom. The summed E-state index contributed by atoms with van der Waals surface area (Å²) in [5, 5.41) is 2.79. The smallest absolute Gasteiger partial charge is 0.234 e. The van der Waals surface area contributed by atoms with Gasteiger partial charge in [-0.2, -0.15) is 0 Å². The van der Waals surface area contributed by atoms with Crippen LogP contribution in [0.1, 0.15) is 30.2 Å². The van der Waals surface area contributed by atoms with E-state index in [1.165, 1.54) is 5.56 Å². The van der Waals surface area contributed by atoms with Crippen LogP contribution in [0.3, 0.4) is 0 Å². The van der Waals surface area contributed by atoms with E-state index in [-0.39, 0.29) is 12.0 Å². The van der Waals surface area contributed by atoms with Gasteiger partial charge in [-0.05, 0) is 48.4 Å². The first-order valence-electron chi connectivity index (χ1n) is 9.06. The van der Waals surface area contributed by atoms with Gasteiger partial charge in [0.2, 0.25) is 5.91 Å². The van der Waals surface area contributed by atoms with Gasteiger partial charge in [0.05, 0.1) is 29.3 Å². The maximum atomic E-state index is 13.0. The summed E-state index contributed by atoms with van der Waals surface area (Å²) in [6.07, 6.45) is 3.60. The Balaban J connectivity index is 1.63. The molecular formula is C20H22N2O2S2. The summed E-state index contributed by atoms with van der Waals surface area (Å²) in [6.45, 7) is 3.53. The van der Waals surface area contributed by atoms with E-state index in [0.29, 0.717) is 13.0 Å². The molecule has 1 amide bonds. The highest BCUT2D eigenvalue weighted by molar-refractivity contribution is 7.22. The minimum Gasteiger partial charge on any atom is -0.376 e. The maximum absolute atomic E-state index is 13.0. The van der Waals surface area contributed by atoms with Gasteiger partial charge in [-0.25, -0.2) is 4.98 Å². The Kier molecular flexibility index (Phi) is 5.33. The van der Waals surface area contributed by atoms with Gasteiger partial charge in [0.15, 0.2) is 5.13 Å². The zero-order chi connectivity index (χ0) is 17.9. The summed E-state index contributed by atoms with van der Waals surface area (Å²) in [5.41, 5.74) is 2.26. The lowest BCUT2D eigenvalue weighted by Gasteiger charge is -2.22. The second kappa shape index (κ2) is 7.86. The number of thiazole rings is 1. The van der Waals surface area contributed by atoms with Crippen molar-refractivity contribution in [3.8, 4) is 0 Å². The van der Waals surface area contributed by atoms with E-state index in [0.717, 1.165) is 46.1 Å². The van der Waals surface area contributed by atoms with Crippen LogP contribution >= 0.6 is 22.7 Å². The zero-order valence-corrected chi connectivity index (χ0v) is 16.4. The van der Waals surface area contributed by atoms with E-state index in [4.69, 9.17) is 9.72 Å². The molecule has 1 fully saturated rings. The lowest BCUT2D eigenvalue weighted by Crippen LogP contribution is -2.38. The summed E-state index contributed by atoms with van der Waals surface area (Å²) in [5.74, 6) is 0.0951. The molecule has 1 atom stereocenters. The van der Waals surface area contributed by atoms with Crippen LogP contribution in [0.5, 0.6) is 0 Å². The largest absolute Gasteiger partial charge is 0.376 e. The molecule has 2 aromatic heterocycles. The van der Waals surface area contributed by atoms with Gasteiger partial charge in [-0.3, -0.25) is 9.69 Å². The first kappa shape index (κ1) is 17.6. The summed E-state index contributed by atoms with van der Waals surface area (Å²) >= 11 is 3.22. The Morgan fingerprint density at radius 2 is 2.31 bits per heavy atom. The molecule has 0 saturated carbocycles. The van der Waals surface area contributed by atoms with Crippen molar-refractivity contribution >= 4 is 43.9 Å². The molecule has 1 aliphatic heterocycles. The molecule has 26 heavy (non-hydrogen) atoms. The van der Waals surface area contributed by atoms with Gasteiger partial charge in [-0.1, -0.05) is 30.4 Å². The molecule has 3 aromatic rings. The van der Waals surface area contributed by atoms with Crippen LogP contribution in [-0.2, 0) is 22.4 Å². The number of aryl methyl sites for hydroxylation is 1. The third kappa shape index (κ3) is 3.82. The normalized spacial score (nSPS) is 17.0. The molecule has 4 rings (SSSR count). The molecule has 1 saturated heterocycles. The second-order valence-electron chi connectivity index (χ2n) is 6.55. The molecule has 0 spiro atoms. The highest BCUT2D eigenvalue weighted by atomic mass is 32.1. The van der Waals surface area contributed by atoms with Crippen LogP contribution in [0.15, 0.2) is 35.7 Å². The lowest BCUT2D eigenvalue weighted by molar-refractivity contribution is -0.118. The standard InChI is InChI=1S/C20H22N2O2S2/c1-2-14-7-8-17-18(11-14)26-20(21-17)22(13-15-5-3-9-24-15)19(23)12-16-6-4-10-25-16/h4,6-8,10-11,15H,2-3,5,9,12-13H2,1H3. The monoisotopic (exact) mass is 386 g/mol. The van der Waals surface area contributed by atoms with E-state index in [1.54, 1.807) is 22.7 Å². The summed E-state index contributed by atoms with van der Waals surface area (Å²) < 4.78 is 6.93. The average molecular weight is 387 g/mol. The van der Waals surface area contributed by atoms with Gasteiger partial charge < -0.3 is 4.74 Å². The molecular weight excluding hydrogens is 364 g/mol. The van der Waals surface area contributed by atoms with Crippen molar-refractivity contribution in [1.82, 2.24) is 4.98 Å². The molecule has 4 nitrogen and oxygen atoms in total. The van der Waals surface area contributed by atoms with E-state index < -0.39 is 0 Å². The van der Waals surface area contributed by atoms with Crippen LogP contribution in [0, 0.1) is 0 Å². The minimum absolute atomic E-state index is 0.0951. The van der Waals surface area contributed by atoms with Crippen LogP contribution in [0.25, 0.3) is 10.2 Å². The van der Waals surface area contributed by atoms with Gasteiger partial charge in [0.1, 0.15) is 0 Å². The van der Waals surface area contributed by atoms with Crippen molar-refractivity contribution in [2.75, 3.05) is 18.1 Å². The van der Waals surface area contributed by atoms with Crippen LogP contribution in [-0.4, -0.2) is 30.1 Å². The van der Waals surface area contributed by atoms with Gasteiger partial charge in [0.25, 0.3) is 0 Å². The van der Waals surface area contributed by atoms with E-state index in [1.807, 2.05) is 22.4 Å². The molecule has 0 aliphatic carbocycles. The number of benzene rings is 1. The van der Waals surface area contributed by atoms with Crippen molar-refractivity contribution in [3.63, 3.8) is 0 Å². The molecule has 3 heterocycles. The topological polar surface area (TPSA) is 42.4 Å². The number of hydrogen-bond donors (Lipinski definition) is 0. The summed E-state index contributed by atoms with van der Waals surface area (Å²) in [4.78, 5) is 20.7. The number of nitrogens with zero attached hydrogens (tertiary/aromatic N) is 2. The van der Waals surface area contributed by atoms with E-state index in [2.05, 4.69) is 25.1 Å². The van der Waals surface area contributed by atoms with Crippen molar-refractivity contribution in [1.29, 1.82) is 0 Å². The molecule has 0 N–H and O–H groups in total. The second-order valence-corrected chi connectivity index (χ2v) is 8.59. The summed E-state index contributed by atoms with van der Waals surface area (Å²) in [6, 6.07) is 10.4. The van der Waals surface area contributed by atoms with Crippen molar-refractivity contribution < 1.29 is 9.53 Å². The third-order valence-electron chi connectivity index (χ3n) is 4.70. The maximum Gasteiger partial charge on any atom is 0.234 e. The number of rotatable bonds is 6. The Hall–Kier alpha value is -1.76. The van der Waals surface area contributed by atoms with Crippen molar-refractivity contribution in [3.05, 3.63) is 46.2 Å². The number of ether oxygens (including phenoxy) is 1. The third-order valence-corrected chi connectivity index (χ3v) is 6.62. The van der Waals surface area contributed by atoms with Gasteiger partial charge >= 0.3 is 0 Å². The number of aromatic nitrogens is 1. The van der Waals surface area contributed by atoms with Crippen LogP contribution in [0.2, 0.25) is 0 Å². The molecule has 136 valence electrons. The predicted octanol–water partition coefficient (Wildman–Crippen LogP) is 4.67. The molecule has 1 unspecified atom stereocenters. The van der Waals surface area contributed by atoms with Crippen LogP contribution < -0.4 is 4.90 Å². The van der Waals surface area contributed by atoms with Crippen LogP contribution in [0.4, 0.5) is 5.13 Å². The Bertz CT molecular complexity index is 882. The van der Waals surface area contributed by atoms with E-state index in [9.17, 15) is 4.79 Å². The molecule has 1 aromatic carbocycles. The zero-order valence-electron chi connectivity index (χ0n) is 14.8. The van der Waals surface area contributed by atoms with Crippen molar-refractivity contribution in [2.45, 2.75) is 38.7 Å². The predicted molar refractivity (Wildman–Crippen MR) is 108 cm³/mol. The van der Waals surface area contributed by atoms with Crippen molar-refractivity contribution in [2.24, 2.45) is 0 Å². The quantitative estimate of drug-likeness (QED) is 0.618. The lowest BCUT2D eigenvalue weighted by atomic mass is 10.2. The number of anilines is 1. The first-order valence-corrected chi connectivity index (χ1v) is 10.8. The fourth-order valence-electron chi connectivity index (χ4n) is 3.23.